The molecule has 0 heterocycles. The second-order valence-corrected chi connectivity index (χ2v) is 7.09. The van der Waals surface area contributed by atoms with E-state index in [4.69, 9.17) is 0 Å². The van der Waals surface area contributed by atoms with Crippen molar-refractivity contribution in [1.82, 2.24) is 0 Å². The normalized spacial score (nSPS) is 11.7. The number of halogens is 3. The molecular weight excluding hydrogens is 296 g/mol. The van der Waals surface area contributed by atoms with E-state index in [-0.39, 0.29) is 0 Å². The molecular formula is C10H11F3Sn. The number of hydrogen-bond acceptors (Lipinski definition) is 0. The van der Waals surface area contributed by atoms with E-state index in [1.165, 1.54) is 16.6 Å². The van der Waals surface area contributed by atoms with Gasteiger partial charge >= 0.3 is 91.7 Å². The summed E-state index contributed by atoms with van der Waals surface area (Å²) < 4.78 is 38.9. The molecule has 0 unspecified atom stereocenters. The molecule has 0 aromatic heterocycles. The number of rotatable bonds is 3. The van der Waals surface area contributed by atoms with Gasteiger partial charge in [-0.2, -0.15) is 0 Å². The fraction of sp³-hybridized carbons (Fsp3) is 0.400. The van der Waals surface area contributed by atoms with E-state index in [1.54, 1.807) is 12.1 Å². The first kappa shape index (κ1) is 11.9. The zero-order valence-electron chi connectivity index (χ0n) is 7.86. The maximum atomic E-state index is 12.2. The predicted octanol–water partition coefficient (Wildman–Crippen LogP) is 2.86. The van der Waals surface area contributed by atoms with E-state index in [0.29, 0.717) is 0 Å². The van der Waals surface area contributed by atoms with Crippen LogP contribution in [0.25, 0.3) is 0 Å². The van der Waals surface area contributed by atoms with Crippen molar-refractivity contribution in [3.63, 3.8) is 0 Å². The number of alkyl halides is 3. The maximum absolute atomic E-state index is 12.2. The van der Waals surface area contributed by atoms with Crippen molar-refractivity contribution in [2.24, 2.45) is 0 Å². The third-order valence-corrected chi connectivity index (χ3v) is 6.05. The first-order chi connectivity index (χ1) is 6.54. The molecule has 1 aromatic rings. The Morgan fingerprint density at radius 2 is 1.71 bits per heavy atom. The summed E-state index contributed by atoms with van der Waals surface area (Å²) in [6.45, 7) is 2.10. The van der Waals surface area contributed by atoms with Crippen LogP contribution in [0.3, 0.4) is 0 Å². The minimum atomic E-state index is -4.20. The quantitative estimate of drug-likeness (QED) is 0.753. The Balaban J connectivity index is 2.69. The van der Waals surface area contributed by atoms with Crippen LogP contribution in [-0.2, 0) is 6.18 Å². The van der Waals surface area contributed by atoms with Gasteiger partial charge in [0.1, 0.15) is 0 Å². The van der Waals surface area contributed by atoms with Crippen LogP contribution in [0.15, 0.2) is 24.3 Å². The monoisotopic (exact) mass is 308 g/mol. The molecule has 0 bridgehead atoms. The summed E-state index contributed by atoms with van der Waals surface area (Å²) in [4.78, 5) is 0. The van der Waals surface area contributed by atoms with E-state index >= 15 is 0 Å². The van der Waals surface area contributed by atoms with E-state index in [0.717, 1.165) is 10.0 Å². The van der Waals surface area contributed by atoms with Crippen LogP contribution in [0, 0.1) is 0 Å². The van der Waals surface area contributed by atoms with Gasteiger partial charge in [-0.3, -0.25) is 0 Å². The molecule has 0 nitrogen and oxygen atoms in total. The van der Waals surface area contributed by atoms with E-state index in [2.05, 4.69) is 6.92 Å². The van der Waals surface area contributed by atoms with Gasteiger partial charge in [0, 0.05) is 0 Å². The van der Waals surface area contributed by atoms with Gasteiger partial charge in [-0.25, -0.2) is 0 Å². The summed E-state index contributed by atoms with van der Waals surface area (Å²) in [5.74, 6) is 0. The van der Waals surface area contributed by atoms with Crippen molar-refractivity contribution in [2.45, 2.75) is 24.0 Å². The zero-order valence-corrected chi connectivity index (χ0v) is 10.7. The molecule has 76 valence electrons. The van der Waals surface area contributed by atoms with Gasteiger partial charge in [-0.1, -0.05) is 0 Å². The van der Waals surface area contributed by atoms with Gasteiger partial charge in [-0.05, 0) is 0 Å². The Labute approximate surface area is 91.7 Å². The summed E-state index contributed by atoms with van der Waals surface area (Å²) in [5.41, 5.74) is -0.544. The molecule has 0 aliphatic rings. The van der Waals surface area contributed by atoms with Crippen LogP contribution < -0.4 is 3.58 Å². The van der Waals surface area contributed by atoms with Crippen molar-refractivity contribution in [1.29, 1.82) is 0 Å². The molecule has 0 spiro atoms. The topological polar surface area (TPSA) is 0 Å². The third kappa shape index (κ3) is 3.52. The van der Waals surface area contributed by atoms with Crippen molar-refractivity contribution < 1.29 is 13.2 Å². The Kier molecular flexibility index (Phi) is 4.28. The first-order valence-corrected chi connectivity index (χ1v) is 7.89. The van der Waals surface area contributed by atoms with Crippen LogP contribution in [0.2, 0.25) is 4.44 Å². The molecule has 0 N–H and O–H groups in total. The summed E-state index contributed by atoms with van der Waals surface area (Å²) in [6, 6.07) is 5.63. The van der Waals surface area contributed by atoms with Crippen molar-refractivity contribution in [3.05, 3.63) is 29.8 Å². The average molecular weight is 307 g/mol. The van der Waals surface area contributed by atoms with Gasteiger partial charge in [0.2, 0.25) is 0 Å². The fourth-order valence-corrected chi connectivity index (χ4v) is 3.73. The van der Waals surface area contributed by atoms with Crippen LogP contribution in [-0.4, -0.2) is 21.1 Å². The predicted molar refractivity (Wildman–Crippen MR) is 51.9 cm³/mol. The SMILES string of the molecule is CC[CH2][Sn][c]1ccc(C(F)(F)F)cc1. The molecule has 2 radical (unpaired) electrons. The fourth-order valence-electron chi connectivity index (χ4n) is 1.05. The molecule has 0 aliphatic carbocycles. The van der Waals surface area contributed by atoms with E-state index in [1.807, 2.05) is 0 Å². The summed E-state index contributed by atoms with van der Waals surface area (Å²) in [5, 5.41) is 0. The van der Waals surface area contributed by atoms with E-state index < -0.39 is 32.9 Å². The Hall–Kier alpha value is -0.191. The molecule has 1 aromatic carbocycles. The summed E-state index contributed by atoms with van der Waals surface area (Å²) in [6.07, 6.45) is -3.07. The molecule has 0 amide bonds. The molecule has 0 aliphatic heterocycles. The molecule has 4 heteroatoms. The second-order valence-electron chi connectivity index (χ2n) is 3.00. The molecule has 0 atom stereocenters. The van der Waals surface area contributed by atoms with Crippen LogP contribution in [0.4, 0.5) is 13.2 Å². The molecule has 1 rings (SSSR count). The second kappa shape index (κ2) is 5.05. The van der Waals surface area contributed by atoms with Gasteiger partial charge in [-0.15, -0.1) is 0 Å². The standard InChI is InChI=1S/C7H4F3.C3H7.Sn/c8-7(9,10)6-4-2-1-3-5-6;1-3-2;/h2-5H;1,3H2,2H3;. The summed E-state index contributed by atoms with van der Waals surface area (Å²) in [7, 11) is 0. The third-order valence-electron chi connectivity index (χ3n) is 1.79. The van der Waals surface area contributed by atoms with E-state index in [9.17, 15) is 13.2 Å². The Morgan fingerprint density at radius 1 is 1.14 bits per heavy atom. The number of hydrogen-bond donors (Lipinski definition) is 0. The minimum absolute atomic E-state index is 0.544. The Bertz CT molecular complexity index is 276. The Morgan fingerprint density at radius 3 is 2.14 bits per heavy atom. The molecule has 0 saturated carbocycles. The first-order valence-electron chi connectivity index (χ1n) is 4.45. The molecule has 14 heavy (non-hydrogen) atoms. The van der Waals surface area contributed by atoms with Crippen LogP contribution in [0.5, 0.6) is 0 Å². The summed E-state index contributed by atoms with van der Waals surface area (Å²) >= 11 is -0.606. The average Bonchev–Trinajstić information content (AvgIpc) is 2.14. The molecule has 0 saturated heterocycles. The van der Waals surface area contributed by atoms with Crippen molar-refractivity contribution in [2.75, 3.05) is 0 Å². The van der Waals surface area contributed by atoms with Crippen LogP contribution >= 0.6 is 0 Å². The number of benzene rings is 1. The van der Waals surface area contributed by atoms with Gasteiger partial charge in [0.25, 0.3) is 0 Å². The van der Waals surface area contributed by atoms with Crippen LogP contribution in [0.1, 0.15) is 18.9 Å². The van der Waals surface area contributed by atoms with Gasteiger partial charge in [0.05, 0.1) is 0 Å². The zero-order chi connectivity index (χ0) is 10.6. The van der Waals surface area contributed by atoms with Gasteiger partial charge < -0.3 is 0 Å². The van der Waals surface area contributed by atoms with Crippen molar-refractivity contribution >= 4 is 24.7 Å². The molecule has 0 fully saturated rings. The van der Waals surface area contributed by atoms with Crippen molar-refractivity contribution in [3.8, 4) is 0 Å². The van der Waals surface area contributed by atoms with Gasteiger partial charge in [0.15, 0.2) is 0 Å².